The lowest BCUT2D eigenvalue weighted by Crippen LogP contribution is -2.42. The maximum atomic E-state index is 12.2. The molecule has 2 atom stereocenters. The summed E-state index contributed by atoms with van der Waals surface area (Å²) in [6, 6.07) is 0. The predicted octanol–water partition coefficient (Wildman–Crippen LogP) is 0.507. The minimum Gasteiger partial charge on any atom is -0.355 e. The number of hydrogen-bond acceptors (Lipinski definition) is 5. The lowest BCUT2D eigenvalue weighted by molar-refractivity contribution is -0.122. The van der Waals surface area contributed by atoms with E-state index < -0.39 is 10.0 Å². The Morgan fingerprint density at radius 2 is 2.13 bits per heavy atom. The van der Waals surface area contributed by atoms with Crippen LogP contribution in [0, 0.1) is 11.8 Å². The fourth-order valence-corrected chi connectivity index (χ4v) is 5.66. The molecule has 2 fully saturated rings. The Labute approximate surface area is 144 Å². The highest BCUT2D eigenvalue weighted by Crippen LogP contribution is 2.22. The largest absolute Gasteiger partial charge is 0.355 e. The van der Waals surface area contributed by atoms with Crippen LogP contribution in [0.3, 0.4) is 0 Å². The van der Waals surface area contributed by atoms with Crippen molar-refractivity contribution in [1.82, 2.24) is 14.9 Å². The van der Waals surface area contributed by atoms with Crippen molar-refractivity contribution in [3.63, 3.8) is 0 Å². The molecule has 2 heterocycles. The van der Waals surface area contributed by atoms with Gasteiger partial charge in [0.1, 0.15) is 0 Å². The molecular formula is C15H29N3O3S2. The van der Waals surface area contributed by atoms with Gasteiger partial charge in [0.2, 0.25) is 15.9 Å². The van der Waals surface area contributed by atoms with E-state index in [0.717, 1.165) is 24.6 Å². The van der Waals surface area contributed by atoms with Gasteiger partial charge in [-0.25, -0.2) is 12.7 Å². The number of carbonyl (C=O) groups is 1. The van der Waals surface area contributed by atoms with Crippen LogP contribution in [0.15, 0.2) is 0 Å². The second kappa shape index (κ2) is 9.25. The second-order valence-corrected chi connectivity index (χ2v) is 9.78. The van der Waals surface area contributed by atoms with Crippen LogP contribution in [0.5, 0.6) is 0 Å². The summed E-state index contributed by atoms with van der Waals surface area (Å²) >= 11 is 1.78. The molecule has 0 aromatic carbocycles. The number of thioether (sulfide) groups is 1. The predicted molar refractivity (Wildman–Crippen MR) is 95.1 cm³/mol. The van der Waals surface area contributed by atoms with Gasteiger partial charge >= 0.3 is 0 Å². The zero-order valence-electron chi connectivity index (χ0n) is 13.9. The van der Waals surface area contributed by atoms with Crippen LogP contribution >= 0.6 is 11.8 Å². The van der Waals surface area contributed by atoms with E-state index >= 15 is 0 Å². The van der Waals surface area contributed by atoms with E-state index in [1.807, 2.05) is 0 Å². The fourth-order valence-electron chi connectivity index (χ4n) is 3.17. The fraction of sp³-hybridized carbons (Fsp3) is 0.933. The molecule has 0 aromatic rings. The first-order valence-corrected chi connectivity index (χ1v) is 11.3. The first-order chi connectivity index (χ1) is 11.0. The Bertz CT molecular complexity index is 472. The molecular weight excluding hydrogens is 334 g/mol. The standard InChI is InChI=1S/C15H29N3O3S2/c1-13(14-3-2-4-16-12-14)11-15(19)17-5-10-23(20,21)18-6-8-22-9-7-18/h13-14,16H,2-12H2,1H3,(H,17,19). The number of carbonyl (C=O) groups excluding carboxylic acids is 1. The normalized spacial score (nSPS) is 25.0. The smallest absolute Gasteiger partial charge is 0.220 e. The molecule has 0 spiro atoms. The van der Waals surface area contributed by atoms with E-state index in [9.17, 15) is 13.2 Å². The molecule has 0 radical (unpaired) electrons. The number of rotatable bonds is 7. The number of nitrogens with one attached hydrogen (secondary N) is 2. The van der Waals surface area contributed by atoms with Crippen molar-refractivity contribution in [2.45, 2.75) is 26.2 Å². The van der Waals surface area contributed by atoms with Crippen LogP contribution in [-0.2, 0) is 14.8 Å². The number of sulfonamides is 1. The molecule has 0 saturated carbocycles. The van der Waals surface area contributed by atoms with E-state index in [4.69, 9.17) is 0 Å². The third-order valence-corrected chi connectivity index (χ3v) is 7.51. The van der Waals surface area contributed by atoms with Gasteiger partial charge in [-0.15, -0.1) is 0 Å². The van der Waals surface area contributed by atoms with Crippen molar-refractivity contribution in [1.29, 1.82) is 0 Å². The number of hydrogen-bond donors (Lipinski definition) is 2. The minimum atomic E-state index is -3.23. The van der Waals surface area contributed by atoms with E-state index in [0.29, 0.717) is 31.3 Å². The summed E-state index contributed by atoms with van der Waals surface area (Å²) in [6.07, 6.45) is 2.82. The zero-order valence-corrected chi connectivity index (χ0v) is 15.6. The maximum absolute atomic E-state index is 12.2. The third kappa shape index (κ3) is 6.25. The summed E-state index contributed by atoms with van der Waals surface area (Å²) in [5.74, 6) is 2.56. The molecule has 2 saturated heterocycles. The molecule has 0 bridgehead atoms. The molecule has 2 rings (SSSR count). The topological polar surface area (TPSA) is 78.5 Å². The van der Waals surface area contributed by atoms with Gasteiger partial charge in [-0.2, -0.15) is 11.8 Å². The molecule has 2 aliphatic rings. The van der Waals surface area contributed by atoms with Gasteiger partial charge in [0.05, 0.1) is 5.75 Å². The highest BCUT2D eigenvalue weighted by Gasteiger charge is 2.25. The minimum absolute atomic E-state index is 0.00275. The second-order valence-electron chi connectivity index (χ2n) is 6.47. The number of amides is 1. The van der Waals surface area contributed by atoms with Crippen LogP contribution in [0.2, 0.25) is 0 Å². The Morgan fingerprint density at radius 3 is 2.78 bits per heavy atom. The molecule has 0 aromatic heterocycles. The van der Waals surface area contributed by atoms with Gasteiger partial charge in [0.25, 0.3) is 0 Å². The van der Waals surface area contributed by atoms with Gasteiger partial charge in [-0.05, 0) is 37.8 Å². The number of nitrogens with zero attached hydrogens (tertiary/aromatic N) is 1. The first-order valence-electron chi connectivity index (χ1n) is 8.52. The van der Waals surface area contributed by atoms with Gasteiger partial charge in [0, 0.05) is 37.6 Å². The highest BCUT2D eigenvalue weighted by atomic mass is 32.2. The van der Waals surface area contributed by atoms with Crippen molar-refractivity contribution >= 4 is 27.7 Å². The molecule has 23 heavy (non-hydrogen) atoms. The first kappa shape index (κ1) is 19.0. The van der Waals surface area contributed by atoms with Crippen LogP contribution < -0.4 is 10.6 Å². The van der Waals surface area contributed by atoms with Crippen LogP contribution in [0.4, 0.5) is 0 Å². The molecule has 1 amide bonds. The van der Waals surface area contributed by atoms with Crippen molar-refractivity contribution in [3.8, 4) is 0 Å². The van der Waals surface area contributed by atoms with Crippen LogP contribution in [-0.4, -0.2) is 68.6 Å². The average Bonchev–Trinajstić information content (AvgIpc) is 2.56. The van der Waals surface area contributed by atoms with Gasteiger partial charge in [-0.1, -0.05) is 6.92 Å². The quantitative estimate of drug-likeness (QED) is 0.689. The number of piperidine rings is 1. The molecule has 8 heteroatoms. The van der Waals surface area contributed by atoms with Gasteiger partial charge < -0.3 is 10.6 Å². The Kier molecular flexibility index (Phi) is 7.65. The van der Waals surface area contributed by atoms with E-state index in [1.165, 1.54) is 12.8 Å². The van der Waals surface area contributed by atoms with Crippen molar-refractivity contribution in [3.05, 3.63) is 0 Å². The Morgan fingerprint density at radius 1 is 1.39 bits per heavy atom. The Hall–Kier alpha value is -0.310. The molecule has 134 valence electrons. The molecule has 6 nitrogen and oxygen atoms in total. The summed E-state index contributed by atoms with van der Waals surface area (Å²) in [5, 5.41) is 6.15. The van der Waals surface area contributed by atoms with Crippen LogP contribution in [0.1, 0.15) is 26.2 Å². The lowest BCUT2D eigenvalue weighted by atomic mass is 9.85. The highest BCUT2D eigenvalue weighted by molar-refractivity contribution is 7.99. The van der Waals surface area contributed by atoms with Crippen molar-refractivity contribution in [2.24, 2.45) is 11.8 Å². The van der Waals surface area contributed by atoms with E-state index in [-0.39, 0.29) is 18.2 Å². The van der Waals surface area contributed by atoms with Gasteiger partial charge in [-0.3, -0.25) is 4.79 Å². The van der Waals surface area contributed by atoms with Gasteiger partial charge in [0.15, 0.2) is 0 Å². The Balaban J connectivity index is 1.67. The third-order valence-electron chi connectivity index (χ3n) is 4.69. The molecule has 0 aliphatic carbocycles. The molecule has 2 N–H and O–H groups in total. The summed E-state index contributed by atoms with van der Waals surface area (Å²) in [5.41, 5.74) is 0. The van der Waals surface area contributed by atoms with E-state index in [1.54, 1.807) is 16.1 Å². The summed E-state index contributed by atoms with van der Waals surface area (Å²) < 4.78 is 25.9. The summed E-state index contributed by atoms with van der Waals surface area (Å²) in [7, 11) is -3.23. The van der Waals surface area contributed by atoms with Crippen LogP contribution in [0.25, 0.3) is 0 Å². The zero-order chi connectivity index (χ0) is 16.7. The van der Waals surface area contributed by atoms with Crippen molar-refractivity contribution < 1.29 is 13.2 Å². The maximum Gasteiger partial charge on any atom is 0.220 e. The monoisotopic (exact) mass is 363 g/mol. The SMILES string of the molecule is CC(CC(=O)NCCS(=O)(=O)N1CCSCC1)C1CCCNC1. The molecule has 2 aliphatic heterocycles. The average molecular weight is 364 g/mol. The molecule has 2 unspecified atom stereocenters. The summed E-state index contributed by atoms with van der Waals surface area (Å²) in [4.78, 5) is 12.0. The summed E-state index contributed by atoms with van der Waals surface area (Å²) in [6.45, 7) is 5.55. The lowest BCUT2D eigenvalue weighted by Gasteiger charge is -2.28. The van der Waals surface area contributed by atoms with E-state index in [2.05, 4.69) is 17.6 Å². The van der Waals surface area contributed by atoms with Crippen molar-refractivity contribution in [2.75, 3.05) is 50.0 Å².